The number of hydrogen-bond donors (Lipinski definition) is 2. The van der Waals surface area contributed by atoms with E-state index in [1.165, 1.54) is 24.6 Å². The lowest BCUT2D eigenvalue weighted by Gasteiger charge is -2.06. The van der Waals surface area contributed by atoms with E-state index >= 15 is 0 Å². The summed E-state index contributed by atoms with van der Waals surface area (Å²) in [5.41, 5.74) is 1.10. The van der Waals surface area contributed by atoms with Crippen molar-refractivity contribution in [2.45, 2.75) is 57.1 Å². The standard InChI is InChI=1S/C14H22N4O2S/c1-2-3-8-15-12(19)9-11-13(20)16-14(21-11)18-17-10-6-4-5-7-10/h11H,2-9H2,1H3,(H,15,19)(H,16,18,20). The first-order valence-electron chi connectivity index (χ1n) is 7.56. The molecular weight excluding hydrogens is 288 g/mol. The summed E-state index contributed by atoms with van der Waals surface area (Å²) in [5.74, 6) is -0.240. The predicted octanol–water partition coefficient (Wildman–Crippen LogP) is 1.81. The minimum atomic E-state index is -0.394. The summed E-state index contributed by atoms with van der Waals surface area (Å²) in [6.07, 6.45) is 6.52. The van der Waals surface area contributed by atoms with Gasteiger partial charge in [0, 0.05) is 18.7 Å². The Bertz CT molecular complexity index is 454. The molecule has 0 radical (unpaired) electrons. The minimum absolute atomic E-state index is 0.0838. The van der Waals surface area contributed by atoms with Crippen LogP contribution in [0, 0.1) is 0 Å². The van der Waals surface area contributed by atoms with Gasteiger partial charge in [-0.2, -0.15) is 5.10 Å². The Hall–Kier alpha value is -1.37. The van der Waals surface area contributed by atoms with E-state index in [1.54, 1.807) is 0 Å². The van der Waals surface area contributed by atoms with E-state index in [4.69, 9.17) is 0 Å². The molecule has 0 aromatic heterocycles. The van der Waals surface area contributed by atoms with Gasteiger partial charge in [0.1, 0.15) is 5.25 Å². The number of amidine groups is 1. The molecule has 7 heteroatoms. The zero-order chi connectivity index (χ0) is 15.1. The highest BCUT2D eigenvalue weighted by molar-refractivity contribution is 8.15. The third-order valence-corrected chi connectivity index (χ3v) is 4.53. The highest BCUT2D eigenvalue weighted by Crippen LogP contribution is 2.23. The fourth-order valence-electron chi connectivity index (χ4n) is 2.23. The number of carbonyl (C=O) groups is 2. The Labute approximate surface area is 129 Å². The Kier molecular flexibility index (Phi) is 6.22. The molecular formula is C14H22N4O2S. The molecule has 0 bridgehead atoms. The molecule has 1 atom stereocenters. The lowest BCUT2D eigenvalue weighted by atomic mass is 10.2. The lowest BCUT2D eigenvalue weighted by molar-refractivity contribution is -0.125. The first-order chi connectivity index (χ1) is 10.2. The summed E-state index contributed by atoms with van der Waals surface area (Å²) in [4.78, 5) is 23.5. The number of rotatable bonds is 6. The number of nitrogens with one attached hydrogen (secondary N) is 2. The summed E-state index contributed by atoms with van der Waals surface area (Å²) < 4.78 is 0. The Balaban J connectivity index is 1.80. The minimum Gasteiger partial charge on any atom is -0.356 e. The molecule has 1 aliphatic heterocycles. The van der Waals surface area contributed by atoms with E-state index in [0.717, 1.165) is 31.4 Å². The van der Waals surface area contributed by atoms with Crippen LogP contribution < -0.4 is 10.6 Å². The molecule has 2 N–H and O–H groups in total. The van der Waals surface area contributed by atoms with Crippen molar-refractivity contribution in [3.05, 3.63) is 0 Å². The highest BCUT2D eigenvalue weighted by Gasteiger charge is 2.32. The van der Waals surface area contributed by atoms with Crippen molar-refractivity contribution in [1.29, 1.82) is 0 Å². The molecule has 1 heterocycles. The van der Waals surface area contributed by atoms with Gasteiger partial charge in [0.2, 0.25) is 11.8 Å². The lowest BCUT2D eigenvalue weighted by Crippen LogP contribution is -2.31. The summed E-state index contributed by atoms with van der Waals surface area (Å²) in [6.45, 7) is 2.74. The van der Waals surface area contributed by atoms with E-state index in [-0.39, 0.29) is 18.2 Å². The van der Waals surface area contributed by atoms with E-state index < -0.39 is 5.25 Å². The quantitative estimate of drug-likeness (QED) is 0.580. The van der Waals surface area contributed by atoms with Crippen LogP contribution in [0.3, 0.4) is 0 Å². The third-order valence-electron chi connectivity index (χ3n) is 3.46. The fraction of sp³-hybridized carbons (Fsp3) is 0.714. The molecule has 1 saturated carbocycles. The van der Waals surface area contributed by atoms with Gasteiger partial charge in [-0.1, -0.05) is 25.1 Å². The fourth-order valence-corrected chi connectivity index (χ4v) is 3.15. The van der Waals surface area contributed by atoms with Crippen molar-refractivity contribution in [1.82, 2.24) is 10.6 Å². The molecule has 2 rings (SSSR count). The number of carbonyl (C=O) groups excluding carboxylic acids is 2. The topological polar surface area (TPSA) is 82.9 Å². The summed E-state index contributed by atoms with van der Waals surface area (Å²) in [5, 5.41) is 13.9. The maximum Gasteiger partial charge on any atom is 0.240 e. The van der Waals surface area contributed by atoms with Gasteiger partial charge >= 0.3 is 0 Å². The molecule has 6 nitrogen and oxygen atoms in total. The van der Waals surface area contributed by atoms with Gasteiger partial charge in [0.15, 0.2) is 5.17 Å². The first-order valence-corrected chi connectivity index (χ1v) is 8.44. The molecule has 0 aromatic rings. The van der Waals surface area contributed by atoms with Crippen LogP contribution in [0.15, 0.2) is 10.2 Å². The largest absolute Gasteiger partial charge is 0.356 e. The monoisotopic (exact) mass is 310 g/mol. The Morgan fingerprint density at radius 3 is 2.86 bits per heavy atom. The van der Waals surface area contributed by atoms with Crippen LogP contribution in [0.4, 0.5) is 0 Å². The molecule has 2 fully saturated rings. The average Bonchev–Trinajstić information content (AvgIpc) is 3.07. The number of unbranched alkanes of at least 4 members (excludes halogenated alkanes) is 1. The molecule has 0 aromatic carbocycles. The van der Waals surface area contributed by atoms with Gasteiger partial charge in [-0.25, -0.2) is 0 Å². The average molecular weight is 310 g/mol. The molecule has 2 amide bonds. The van der Waals surface area contributed by atoms with Crippen LogP contribution >= 0.6 is 11.8 Å². The van der Waals surface area contributed by atoms with Gasteiger partial charge in [-0.15, -0.1) is 5.10 Å². The zero-order valence-corrected chi connectivity index (χ0v) is 13.2. The van der Waals surface area contributed by atoms with Crippen LogP contribution in [-0.2, 0) is 9.59 Å². The van der Waals surface area contributed by atoms with Crippen molar-refractivity contribution in [3.63, 3.8) is 0 Å². The normalized spacial score (nSPS) is 23.5. The molecule has 2 aliphatic rings. The van der Waals surface area contributed by atoms with Crippen LogP contribution in [0.2, 0.25) is 0 Å². The molecule has 1 saturated heterocycles. The second-order valence-electron chi connectivity index (χ2n) is 5.28. The van der Waals surface area contributed by atoms with Gasteiger partial charge in [0.05, 0.1) is 0 Å². The van der Waals surface area contributed by atoms with Crippen molar-refractivity contribution >= 4 is 34.5 Å². The van der Waals surface area contributed by atoms with E-state index in [0.29, 0.717) is 11.7 Å². The summed E-state index contributed by atoms with van der Waals surface area (Å²) in [7, 11) is 0. The van der Waals surface area contributed by atoms with Crippen LogP contribution in [-0.4, -0.2) is 34.5 Å². The number of hydrogen-bond acceptors (Lipinski definition) is 5. The Morgan fingerprint density at radius 1 is 1.38 bits per heavy atom. The molecule has 21 heavy (non-hydrogen) atoms. The maximum atomic E-state index is 11.8. The first kappa shape index (κ1) is 16.0. The third kappa shape index (κ3) is 5.15. The van der Waals surface area contributed by atoms with Gasteiger partial charge in [-0.3, -0.25) is 9.59 Å². The van der Waals surface area contributed by atoms with Crippen molar-refractivity contribution in [2.75, 3.05) is 6.54 Å². The summed E-state index contributed by atoms with van der Waals surface area (Å²) >= 11 is 1.29. The highest BCUT2D eigenvalue weighted by atomic mass is 32.2. The van der Waals surface area contributed by atoms with Crippen molar-refractivity contribution < 1.29 is 9.59 Å². The van der Waals surface area contributed by atoms with Crippen LogP contribution in [0.5, 0.6) is 0 Å². The SMILES string of the molecule is CCCCNC(=O)CC1S/C(=N\N=C2CCCC2)NC1=O. The predicted molar refractivity (Wildman–Crippen MR) is 85.4 cm³/mol. The number of thioether (sulfide) groups is 1. The number of nitrogens with zero attached hydrogens (tertiary/aromatic N) is 2. The van der Waals surface area contributed by atoms with Crippen LogP contribution in [0.1, 0.15) is 51.9 Å². The second kappa shape index (κ2) is 8.17. The molecule has 0 spiro atoms. The summed E-state index contributed by atoms with van der Waals surface area (Å²) in [6, 6.07) is 0. The molecule has 116 valence electrons. The second-order valence-corrected chi connectivity index (χ2v) is 6.47. The van der Waals surface area contributed by atoms with E-state index in [9.17, 15) is 9.59 Å². The van der Waals surface area contributed by atoms with Gasteiger partial charge in [-0.05, 0) is 32.1 Å². The number of amides is 2. The van der Waals surface area contributed by atoms with Crippen LogP contribution in [0.25, 0.3) is 0 Å². The van der Waals surface area contributed by atoms with E-state index in [1.807, 2.05) is 0 Å². The van der Waals surface area contributed by atoms with E-state index in [2.05, 4.69) is 27.8 Å². The smallest absolute Gasteiger partial charge is 0.240 e. The Morgan fingerprint density at radius 2 is 2.14 bits per heavy atom. The van der Waals surface area contributed by atoms with Crippen molar-refractivity contribution in [3.8, 4) is 0 Å². The van der Waals surface area contributed by atoms with Gasteiger partial charge in [0.25, 0.3) is 0 Å². The zero-order valence-electron chi connectivity index (χ0n) is 12.4. The van der Waals surface area contributed by atoms with Crippen molar-refractivity contribution in [2.24, 2.45) is 10.2 Å². The van der Waals surface area contributed by atoms with Gasteiger partial charge < -0.3 is 10.6 Å². The molecule has 1 aliphatic carbocycles. The molecule has 1 unspecified atom stereocenters. The maximum absolute atomic E-state index is 11.8.